The molecule has 0 amide bonds. The van der Waals surface area contributed by atoms with Gasteiger partial charge in [0.2, 0.25) is 0 Å². The molecule has 0 spiro atoms. The van der Waals surface area contributed by atoms with Gasteiger partial charge in [0.15, 0.2) is 6.23 Å². The lowest BCUT2D eigenvalue weighted by molar-refractivity contribution is -0.113. The van der Waals surface area contributed by atoms with Crippen molar-refractivity contribution in [3.8, 4) is 0 Å². The van der Waals surface area contributed by atoms with Gasteiger partial charge < -0.3 is 24.8 Å². The average Bonchev–Trinajstić information content (AvgIpc) is 2.96. The molecule has 2 unspecified atom stereocenters. The minimum absolute atomic E-state index is 0.417. The molecule has 0 bridgehead atoms. The van der Waals surface area contributed by atoms with Crippen molar-refractivity contribution in [2.75, 3.05) is 19.1 Å². The molecule has 1 aliphatic carbocycles. The van der Waals surface area contributed by atoms with Crippen LogP contribution in [0.1, 0.15) is 22.9 Å². The molecule has 3 heterocycles. The summed E-state index contributed by atoms with van der Waals surface area (Å²) in [5.74, 6) is 0. The second kappa shape index (κ2) is 6.47. The molecule has 3 aliphatic rings. The van der Waals surface area contributed by atoms with Crippen LogP contribution in [-0.2, 0) is 9.47 Å². The second-order valence-corrected chi connectivity index (χ2v) is 7.88. The number of halogens is 1. The van der Waals surface area contributed by atoms with Crippen molar-refractivity contribution in [3.63, 3.8) is 0 Å². The van der Waals surface area contributed by atoms with E-state index in [0.717, 1.165) is 0 Å². The van der Waals surface area contributed by atoms with E-state index >= 15 is 0 Å². The molecule has 0 aromatic carbocycles. The number of methoxy groups -OCH3 is 1. The van der Waals surface area contributed by atoms with Crippen LogP contribution in [0.2, 0.25) is 0 Å². The van der Waals surface area contributed by atoms with Gasteiger partial charge in [-0.2, -0.15) is 5.10 Å². The number of ether oxygens (including phenoxy) is 2. The van der Waals surface area contributed by atoms with E-state index in [4.69, 9.17) is 9.47 Å². The van der Waals surface area contributed by atoms with E-state index in [1.807, 2.05) is 0 Å². The average molecular weight is 443 g/mol. The van der Waals surface area contributed by atoms with Crippen molar-refractivity contribution in [1.82, 2.24) is 15.2 Å². The molecule has 6 atom stereocenters. The van der Waals surface area contributed by atoms with Gasteiger partial charge in [0, 0.05) is 30.0 Å². The summed E-state index contributed by atoms with van der Waals surface area (Å²) in [4.78, 5) is 11.9. The number of nitrogens with zero attached hydrogens (tertiary/aromatic N) is 3. The summed E-state index contributed by atoms with van der Waals surface area (Å²) < 4.78 is 11.2. The standard InChI is InChI=1S/C16H19BrN4O6/c1-16(25)13(23)8(5-22)27-15(16)21-4-6-9-7(20-21)3-18-19-14(24)10(9)11(17)12(6)26-2/h3-4,8,11-13,15,20,22-23,25H,5H2,1-2H3/t8-,11?,12?,13-,15-,16-/m1/s1. The number of aliphatic hydroxyl groups is 3. The molecule has 4 N–H and O–H groups in total. The molecule has 1 saturated heterocycles. The van der Waals surface area contributed by atoms with Crippen LogP contribution in [0, 0.1) is 0 Å². The predicted octanol–water partition coefficient (Wildman–Crippen LogP) is -0.886. The summed E-state index contributed by atoms with van der Waals surface area (Å²) in [5.41, 5.74) is 3.15. The van der Waals surface area contributed by atoms with Crippen molar-refractivity contribution < 1.29 is 24.8 Å². The topological polar surface area (TPSA) is 137 Å². The minimum atomic E-state index is -1.67. The predicted molar refractivity (Wildman–Crippen MR) is 96.6 cm³/mol. The third-order valence-electron chi connectivity index (χ3n) is 5.21. The highest BCUT2D eigenvalue weighted by molar-refractivity contribution is 9.09. The van der Waals surface area contributed by atoms with Crippen LogP contribution in [0.25, 0.3) is 5.57 Å². The molecule has 2 aliphatic heterocycles. The van der Waals surface area contributed by atoms with Crippen LogP contribution in [0.4, 0.5) is 5.69 Å². The summed E-state index contributed by atoms with van der Waals surface area (Å²) >= 11 is 3.50. The maximum absolute atomic E-state index is 12.3. The zero-order valence-corrected chi connectivity index (χ0v) is 16.1. The monoisotopic (exact) mass is 442 g/mol. The molecule has 1 aromatic rings. The molecule has 11 heteroatoms. The zero-order valence-electron chi connectivity index (χ0n) is 14.5. The first-order valence-corrected chi connectivity index (χ1v) is 9.23. The Hall–Kier alpha value is -1.63. The van der Waals surface area contributed by atoms with Gasteiger partial charge in [0.1, 0.15) is 23.9 Å². The minimum Gasteiger partial charge on any atom is -0.394 e. The Labute approximate surface area is 162 Å². The molecule has 10 nitrogen and oxygen atoms in total. The van der Waals surface area contributed by atoms with E-state index in [-0.39, 0.29) is 0 Å². The lowest BCUT2D eigenvalue weighted by Crippen LogP contribution is -2.53. The highest BCUT2D eigenvalue weighted by atomic mass is 79.9. The van der Waals surface area contributed by atoms with Crippen LogP contribution in [0.3, 0.4) is 0 Å². The highest BCUT2D eigenvalue weighted by Crippen LogP contribution is 2.49. The summed E-state index contributed by atoms with van der Waals surface area (Å²) in [6.07, 6.45) is -0.632. The number of aromatic nitrogens is 2. The Morgan fingerprint density at radius 3 is 2.89 bits per heavy atom. The summed E-state index contributed by atoms with van der Waals surface area (Å²) in [6, 6.07) is 0. The molecule has 146 valence electrons. The Morgan fingerprint density at radius 1 is 1.52 bits per heavy atom. The Kier molecular flexibility index (Phi) is 4.48. The van der Waals surface area contributed by atoms with Gasteiger partial charge >= 0.3 is 0 Å². The van der Waals surface area contributed by atoms with Crippen molar-refractivity contribution in [3.05, 3.63) is 33.9 Å². The third-order valence-corrected chi connectivity index (χ3v) is 6.15. The van der Waals surface area contributed by atoms with Gasteiger partial charge in [0.25, 0.3) is 5.56 Å². The van der Waals surface area contributed by atoms with Crippen LogP contribution in [0.15, 0.2) is 17.2 Å². The molecule has 1 fully saturated rings. The molecule has 27 heavy (non-hydrogen) atoms. The zero-order chi connectivity index (χ0) is 19.5. The first kappa shape index (κ1) is 18.7. The van der Waals surface area contributed by atoms with E-state index < -0.39 is 47.1 Å². The molecular weight excluding hydrogens is 424 g/mol. The number of rotatable bonds is 3. The lowest BCUT2D eigenvalue weighted by atomic mass is 9.96. The van der Waals surface area contributed by atoms with Gasteiger partial charge in [-0.1, -0.05) is 15.9 Å². The van der Waals surface area contributed by atoms with Crippen LogP contribution < -0.4 is 11.0 Å². The van der Waals surface area contributed by atoms with Crippen molar-refractivity contribution in [1.29, 1.82) is 0 Å². The van der Waals surface area contributed by atoms with Gasteiger partial charge in [-0.3, -0.25) is 15.2 Å². The van der Waals surface area contributed by atoms with Crippen molar-refractivity contribution in [2.24, 2.45) is 0 Å². The maximum atomic E-state index is 12.3. The molecule has 0 saturated carbocycles. The van der Waals surface area contributed by atoms with E-state index in [9.17, 15) is 20.1 Å². The van der Waals surface area contributed by atoms with Crippen LogP contribution in [0.5, 0.6) is 0 Å². The summed E-state index contributed by atoms with van der Waals surface area (Å²) in [7, 11) is 1.53. The number of hydrazine groups is 1. The molecule has 1 aromatic heterocycles. The van der Waals surface area contributed by atoms with Crippen molar-refractivity contribution in [2.45, 2.75) is 41.9 Å². The summed E-state index contributed by atoms with van der Waals surface area (Å²) in [6.45, 7) is 0.985. The van der Waals surface area contributed by atoms with Gasteiger partial charge in [-0.15, -0.1) is 5.10 Å². The Morgan fingerprint density at radius 2 is 2.26 bits per heavy atom. The first-order chi connectivity index (χ1) is 12.8. The normalized spacial score (nSPS) is 37.0. The fraction of sp³-hybridized carbons (Fsp3) is 0.562. The Balaban J connectivity index is 1.83. The number of hydrogen-bond donors (Lipinski definition) is 4. The van der Waals surface area contributed by atoms with Crippen molar-refractivity contribution >= 4 is 27.2 Å². The van der Waals surface area contributed by atoms with Gasteiger partial charge in [0.05, 0.1) is 23.3 Å². The summed E-state index contributed by atoms with van der Waals surface area (Å²) in [5, 5.41) is 39.3. The highest BCUT2D eigenvalue weighted by Gasteiger charge is 2.55. The van der Waals surface area contributed by atoms with E-state index in [0.29, 0.717) is 22.4 Å². The van der Waals surface area contributed by atoms with Crippen LogP contribution in [-0.4, -0.2) is 74.4 Å². The smallest absolute Gasteiger partial charge is 0.293 e. The van der Waals surface area contributed by atoms with E-state index in [1.165, 1.54) is 25.2 Å². The lowest BCUT2D eigenvalue weighted by Gasteiger charge is -2.38. The Bertz CT molecular complexity index is 865. The third kappa shape index (κ3) is 2.61. The number of aliphatic hydroxyl groups excluding tert-OH is 2. The maximum Gasteiger partial charge on any atom is 0.293 e. The fourth-order valence-electron chi connectivity index (χ4n) is 3.83. The first-order valence-electron chi connectivity index (χ1n) is 8.31. The fourth-order valence-corrected chi connectivity index (χ4v) is 4.76. The van der Waals surface area contributed by atoms with Gasteiger partial charge in [-0.25, -0.2) is 0 Å². The number of alkyl halides is 1. The quantitative estimate of drug-likeness (QED) is 0.436. The SMILES string of the molecule is COC1C2=CN([C@@H]3O[C@H](CO)[C@@H](O)[C@@]3(C)O)Nc3cnnc(=O)c(c32)C1Br. The molecule has 0 radical (unpaired) electrons. The molecule has 4 rings (SSSR count). The van der Waals surface area contributed by atoms with E-state index in [1.54, 1.807) is 6.20 Å². The van der Waals surface area contributed by atoms with Gasteiger partial charge in [-0.05, 0) is 6.92 Å². The largest absolute Gasteiger partial charge is 0.394 e. The number of nitrogens with one attached hydrogen (secondary N) is 1. The number of hydrogen-bond acceptors (Lipinski definition) is 10. The molecular formula is C16H19BrN4O6. The van der Waals surface area contributed by atoms with Crippen LogP contribution >= 0.6 is 15.9 Å². The number of anilines is 1. The second-order valence-electron chi connectivity index (χ2n) is 6.89. The van der Waals surface area contributed by atoms with E-state index in [2.05, 4.69) is 31.6 Å².